The zero-order chi connectivity index (χ0) is 14.8. The molecule has 0 saturated carbocycles. The molecule has 0 radical (unpaired) electrons. The van der Waals surface area contributed by atoms with Gasteiger partial charge in [0.15, 0.2) is 11.5 Å². The van der Waals surface area contributed by atoms with Crippen molar-refractivity contribution in [2.24, 2.45) is 0 Å². The van der Waals surface area contributed by atoms with Crippen molar-refractivity contribution in [3.63, 3.8) is 0 Å². The number of hydrogen-bond donors (Lipinski definition) is 1. The standard InChI is InChI=1S/C16H14ClNO3/c1-10(11-5-3-2-4-6-11)18-16(19)12-7-13(17)15-14(8-12)20-9-21-15/h2-8,10H,9H2,1H3,(H,18,19). The molecule has 1 heterocycles. The predicted octanol–water partition coefficient (Wildman–Crippen LogP) is 3.56. The van der Waals surface area contributed by atoms with Gasteiger partial charge < -0.3 is 14.8 Å². The fourth-order valence-corrected chi connectivity index (χ4v) is 2.47. The van der Waals surface area contributed by atoms with Crippen LogP contribution in [0.5, 0.6) is 11.5 Å². The Morgan fingerprint density at radius 1 is 1.24 bits per heavy atom. The average molecular weight is 304 g/mol. The van der Waals surface area contributed by atoms with E-state index in [1.165, 1.54) is 0 Å². The summed E-state index contributed by atoms with van der Waals surface area (Å²) in [5.74, 6) is 0.788. The van der Waals surface area contributed by atoms with Crippen molar-refractivity contribution in [2.45, 2.75) is 13.0 Å². The summed E-state index contributed by atoms with van der Waals surface area (Å²) in [6, 6.07) is 12.9. The van der Waals surface area contributed by atoms with Gasteiger partial charge in [-0.05, 0) is 24.6 Å². The molecule has 21 heavy (non-hydrogen) atoms. The minimum Gasteiger partial charge on any atom is -0.454 e. The molecular formula is C16H14ClNO3. The molecule has 1 atom stereocenters. The molecule has 1 amide bonds. The molecule has 1 aliphatic rings. The molecule has 1 aliphatic heterocycles. The van der Waals surface area contributed by atoms with Gasteiger partial charge in [-0.15, -0.1) is 0 Å². The lowest BCUT2D eigenvalue weighted by Gasteiger charge is -2.14. The second kappa shape index (κ2) is 5.66. The van der Waals surface area contributed by atoms with Crippen molar-refractivity contribution in [2.75, 3.05) is 6.79 Å². The van der Waals surface area contributed by atoms with Crippen LogP contribution in [0.25, 0.3) is 0 Å². The van der Waals surface area contributed by atoms with Gasteiger partial charge in [-0.2, -0.15) is 0 Å². The number of ether oxygens (including phenoxy) is 2. The number of amides is 1. The molecule has 3 rings (SSSR count). The molecule has 0 fully saturated rings. The fourth-order valence-electron chi connectivity index (χ4n) is 2.20. The van der Waals surface area contributed by atoms with E-state index in [0.717, 1.165) is 5.56 Å². The van der Waals surface area contributed by atoms with E-state index in [0.29, 0.717) is 22.1 Å². The lowest BCUT2D eigenvalue weighted by molar-refractivity contribution is 0.0939. The van der Waals surface area contributed by atoms with E-state index in [1.54, 1.807) is 12.1 Å². The van der Waals surface area contributed by atoms with Crippen LogP contribution >= 0.6 is 11.6 Å². The summed E-state index contributed by atoms with van der Waals surface area (Å²) < 4.78 is 10.5. The molecule has 1 N–H and O–H groups in total. The second-order valence-electron chi connectivity index (χ2n) is 4.80. The van der Waals surface area contributed by atoms with Crippen LogP contribution in [-0.4, -0.2) is 12.7 Å². The summed E-state index contributed by atoms with van der Waals surface area (Å²) >= 11 is 6.09. The van der Waals surface area contributed by atoms with Crippen LogP contribution in [0.4, 0.5) is 0 Å². The van der Waals surface area contributed by atoms with Gasteiger partial charge >= 0.3 is 0 Å². The summed E-state index contributed by atoms with van der Waals surface area (Å²) in [5.41, 5.74) is 1.49. The van der Waals surface area contributed by atoms with Crippen LogP contribution in [0.1, 0.15) is 28.9 Å². The molecule has 2 aromatic carbocycles. The van der Waals surface area contributed by atoms with E-state index in [9.17, 15) is 4.79 Å². The Bertz CT molecular complexity index is 673. The highest BCUT2D eigenvalue weighted by molar-refractivity contribution is 6.32. The van der Waals surface area contributed by atoms with E-state index < -0.39 is 0 Å². The van der Waals surface area contributed by atoms with Gasteiger partial charge in [0.05, 0.1) is 11.1 Å². The van der Waals surface area contributed by atoms with Crippen LogP contribution in [0.3, 0.4) is 0 Å². The summed E-state index contributed by atoms with van der Waals surface area (Å²) in [5, 5.41) is 3.31. The first-order valence-corrected chi connectivity index (χ1v) is 6.98. The molecule has 108 valence electrons. The molecular weight excluding hydrogens is 290 g/mol. The number of benzene rings is 2. The van der Waals surface area contributed by atoms with Gasteiger partial charge in [0.1, 0.15) is 0 Å². The number of hydrogen-bond acceptors (Lipinski definition) is 3. The number of nitrogens with one attached hydrogen (secondary N) is 1. The number of fused-ring (bicyclic) bond motifs is 1. The zero-order valence-electron chi connectivity index (χ0n) is 11.4. The van der Waals surface area contributed by atoms with Gasteiger partial charge in [-0.1, -0.05) is 41.9 Å². The van der Waals surface area contributed by atoms with Crippen molar-refractivity contribution in [3.05, 3.63) is 58.6 Å². The first-order chi connectivity index (χ1) is 10.1. The monoisotopic (exact) mass is 303 g/mol. The third-order valence-corrected chi connectivity index (χ3v) is 3.62. The van der Waals surface area contributed by atoms with E-state index in [-0.39, 0.29) is 18.7 Å². The minimum atomic E-state index is -0.202. The Balaban J connectivity index is 1.78. The van der Waals surface area contributed by atoms with Crippen molar-refractivity contribution in [1.82, 2.24) is 5.32 Å². The fraction of sp³-hybridized carbons (Fsp3) is 0.188. The van der Waals surface area contributed by atoms with Crippen molar-refractivity contribution in [3.8, 4) is 11.5 Å². The maximum Gasteiger partial charge on any atom is 0.251 e. The number of rotatable bonds is 3. The summed E-state index contributed by atoms with van der Waals surface area (Å²) in [6.07, 6.45) is 0. The highest BCUT2D eigenvalue weighted by Crippen LogP contribution is 2.39. The Morgan fingerprint density at radius 3 is 2.76 bits per heavy atom. The number of halogens is 1. The van der Waals surface area contributed by atoms with E-state index in [2.05, 4.69) is 5.32 Å². The van der Waals surface area contributed by atoms with Crippen LogP contribution in [0.2, 0.25) is 5.02 Å². The van der Waals surface area contributed by atoms with Crippen molar-refractivity contribution >= 4 is 17.5 Å². The zero-order valence-corrected chi connectivity index (χ0v) is 12.2. The smallest absolute Gasteiger partial charge is 0.251 e. The van der Waals surface area contributed by atoms with Gasteiger partial charge in [0.25, 0.3) is 5.91 Å². The Morgan fingerprint density at radius 2 is 2.00 bits per heavy atom. The summed E-state index contributed by atoms with van der Waals surface area (Å²) in [4.78, 5) is 12.3. The molecule has 0 spiro atoms. The molecule has 2 aromatic rings. The molecule has 0 aliphatic carbocycles. The lowest BCUT2D eigenvalue weighted by Crippen LogP contribution is -2.26. The van der Waals surface area contributed by atoms with Gasteiger partial charge in [-0.25, -0.2) is 0 Å². The van der Waals surface area contributed by atoms with Gasteiger partial charge in [0.2, 0.25) is 6.79 Å². The maximum atomic E-state index is 12.3. The highest BCUT2D eigenvalue weighted by Gasteiger charge is 2.21. The van der Waals surface area contributed by atoms with Crippen LogP contribution in [0, 0.1) is 0 Å². The van der Waals surface area contributed by atoms with Crippen molar-refractivity contribution in [1.29, 1.82) is 0 Å². The Kier molecular flexibility index (Phi) is 3.71. The number of carbonyl (C=O) groups excluding carboxylic acids is 1. The minimum absolute atomic E-state index is 0.0945. The van der Waals surface area contributed by atoms with Crippen LogP contribution in [0.15, 0.2) is 42.5 Å². The van der Waals surface area contributed by atoms with E-state index >= 15 is 0 Å². The Hall–Kier alpha value is -2.20. The first-order valence-electron chi connectivity index (χ1n) is 6.60. The molecule has 0 bridgehead atoms. The first kappa shape index (κ1) is 13.8. The van der Waals surface area contributed by atoms with Crippen molar-refractivity contribution < 1.29 is 14.3 Å². The largest absolute Gasteiger partial charge is 0.454 e. The lowest BCUT2D eigenvalue weighted by atomic mass is 10.1. The second-order valence-corrected chi connectivity index (χ2v) is 5.20. The van der Waals surface area contributed by atoms with Gasteiger partial charge in [0, 0.05) is 5.56 Å². The molecule has 0 saturated heterocycles. The average Bonchev–Trinajstić information content (AvgIpc) is 2.97. The highest BCUT2D eigenvalue weighted by atomic mass is 35.5. The van der Waals surface area contributed by atoms with Crippen LogP contribution < -0.4 is 14.8 Å². The topological polar surface area (TPSA) is 47.6 Å². The normalized spacial score (nSPS) is 13.8. The van der Waals surface area contributed by atoms with E-state index in [4.69, 9.17) is 21.1 Å². The van der Waals surface area contributed by atoms with E-state index in [1.807, 2.05) is 37.3 Å². The number of carbonyl (C=O) groups is 1. The molecule has 4 nitrogen and oxygen atoms in total. The quantitative estimate of drug-likeness (QED) is 0.943. The van der Waals surface area contributed by atoms with Crippen LogP contribution in [-0.2, 0) is 0 Å². The third-order valence-electron chi connectivity index (χ3n) is 3.34. The van der Waals surface area contributed by atoms with Gasteiger partial charge in [-0.3, -0.25) is 4.79 Å². The molecule has 1 unspecified atom stereocenters. The third kappa shape index (κ3) is 2.81. The maximum absolute atomic E-state index is 12.3. The summed E-state index contributed by atoms with van der Waals surface area (Å²) in [7, 11) is 0. The SMILES string of the molecule is CC(NC(=O)c1cc(Cl)c2c(c1)OCO2)c1ccccc1. The predicted molar refractivity (Wildman–Crippen MR) is 79.9 cm³/mol. The molecule has 5 heteroatoms. The Labute approximate surface area is 127 Å². The molecule has 0 aromatic heterocycles. The summed E-state index contributed by atoms with van der Waals surface area (Å²) in [6.45, 7) is 2.06.